The molecular weight excluding hydrogens is 787 g/mol. The zero-order chi connectivity index (χ0) is 42.8. The van der Waals surface area contributed by atoms with Gasteiger partial charge in [0.05, 0.1) is 16.8 Å². The summed E-state index contributed by atoms with van der Waals surface area (Å²) in [5.74, 6) is 0. The molecule has 302 valence electrons. The fourth-order valence-corrected chi connectivity index (χ4v) is 11.8. The van der Waals surface area contributed by atoms with E-state index in [-0.39, 0.29) is 6.71 Å². The molecular formula is C60H39BN4. The highest BCUT2D eigenvalue weighted by atomic mass is 15.2. The summed E-state index contributed by atoms with van der Waals surface area (Å²) in [4.78, 5) is 14.5. The van der Waals surface area contributed by atoms with Crippen LogP contribution in [0.25, 0.3) is 44.8 Å². The second-order valence-electron chi connectivity index (χ2n) is 17.8. The number of aryl methyl sites for hydroxylation is 1. The third-order valence-electron chi connectivity index (χ3n) is 14.4. The van der Waals surface area contributed by atoms with Crippen LogP contribution in [-0.4, -0.2) is 16.7 Å². The Kier molecular flexibility index (Phi) is 7.59. The summed E-state index contributed by atoms with van der Waals surface area (Å²) in [5, 5.41) is 0. The number of aromatic nitrogens is 2. The highest BCUT2D eigenvalue weighted by Gasteiger charge is 2.53. The summed E-state index contributed by atoms with van der Waals surface area (Å²) < 4.78 is 0. The summed E-state index contributed by atoms with van der Waals surface area (Å²) >= 11 is 0. The summed E-state index contributed by atoms with van der Waals surface area (Å²) in [5.41, 5.74) is 26.2. The molecule has 4 aliphatic rings. The molecule has 1 atom stereocenters. The van der Waals surface area contributed by atoms with Crippen molar-refractivity contribution < 1.29 is 0 Å². The summed E-state index contributed by atoms with van der Waals surface area (Å²) in [7, 11) is 0. The SMILES string of the molecule is Cc1cc2c3c(c1)N(c1ccccc1)c1cc4c(cc1B3c1ccccc1N2c1ccccc1)-c1ccccc1C41c2ccccc2-c2ccc(-c3ccc(-c4ccccn4)nc3)cc21. The van der Waals surface area contributed by atoms with Gasteiger partial charge in [-0.25, -0.2) is 0 Å². The summed E-state index contributed by atoms with van der Waals surface area (Å²) in [6.45, 7) is 2.26. The molecule has 2 aromatic heterocycles. The molecule has 8 aromatic carbocycles. The largest absolute Gasteiger partial charge is 0.311 e. The van der Waals surface area contributed by atoms with Crippen LogP contribution in [0, 0.1) is 6.92 Å². The van der Waals surface area contributed by atoms with E-state index < -0.39 is 5.41 Å². The first kappa shape index (κ1) is 36.2. The van der Waals surface area contributed by atoms with Crippen molar-refractivity contribution in [3.63, 3.8) is 0 Å². The molecule has 2 aliphatic heterocycles. The number of anilines is 6. The molecule has 2 aliphatic carbocycles. The molecule has 4 nitrogen and oxygen atoms in total. The van der Waals surface area contributed by atoms with Gasteiger partial charge in [0.15, 0.2) is 0 Å². The highest BCUT2D eigenvalue weighted by molar-refractivity contribution is 7.00. The fraction of sp³-hybridized carbons (Fsp3) is 0.0333. The second kappa shape index (κ2) is 13.6. The molecule has 1 spiro atoms. The number of hydrogen-bond donors (Lipinski definition) is 0. The van der Waals surface area contributed by atoms with E-state index >= 15 is 0 Å². The average molecular weight is 827 g/mol. The smallest absolute Gasteiger partial charge is 0.252 e. The zero-order valence-electron chi connectivity index (χ0n) is 35.7. The number of fused-ring (bicyclic) bond motifs is 14. The maximum Gasteiger partial charge on any atom is 0.252 e. The Labute approximate surface area is 378 Å². The maximum absolute atomic E-state index is 4.92. The molecule has 4 heterocycles. The molecule has 0 saturated carbocycles. The lowest BCUT2D eigenvalue weighted by Gasteiger charge is -2.45. The average Bonchev–Trinajstić information content (AvgIpc) is 3.83. The monoisotopic (exact) mass is 826 g/mol. The molecule has 0 saturated heterocycles. The Hall–Kier alpha value is -8.28. The van der Waals surface area contributed by atoms with Gasteiger partial charge >= 0.3 is 0 Å². The molecule has 0 radical (unpaired) electrons. The Morgan fingerprint density at radius 3 is 1.68 bits per heavy atom. The lowest BCUT2D eigenvalue weighted by Crippen LogP contribution is -2.61. The third-order valence-corrected chi connectivity index (χ3v) is 14.4. The first-order valence-electron chi connectivity index (χ1n) is 22.5. The van der Waals surface area contributed by atoms with Crippen molar-refractivity contribution in [1.29, 1.82) is 0 Å². The highest BCUT2D eigenvalue weighted by Crippen LogP contribution is 2.64. The van der Waals surface area contributed by atoms with E-state index in [0.717, 1.165) is 33.9 Å². The topological polar surface area (TPSA) is 32.3 Å². The predicted molar refractivity (Wildman–Crippen MR) is 268 cm³/mol. The van der Waals surface area contributed by atoms with E-state index in [0.29, 0.717) is 0 Å². The van der Waals surface area contributed by atoms with Gasteiger partial charge in [0, 0.05) is 52.1 Å². The Bertz CT molecular complexity index is 3570. The second-order valence-corrected chi connectivity index (χ2v) is 17.8. The molecule has 0 N–H and O–H groups in total. The van der Waals surface area contributed by atoms with Gasteiger partial charge in [-0.3, -0.25) is 9.97 Å². The van der Waals surface area contributed by atoms with Gasteiger partial charge in [-0.15, -0.1) is 0 Å². The third kappa shape index (κ3) is 4.98. The molecule has 10 aromatic rings. The van der Waals surface area contributed by atoms with Gasteiger partial charge in [-0.05, 0) is 152 Å². The first-order valence-corrected chi connectivity index (χ1v) is 22.5. The quantitative estimate of drug-likeness (QED) is 0.166. The number of hydrogen-bond acceptors (Lipinski definition) is 4. The maximum atomic E-state index is 4.92. The van der Waals surface area contributed by atoms with E-state index in [4.69, 9.17) is 4.98 Å². The number of benzene rings is 8. The van der Waals surface area contributed by atoms with Crippen LogP contribution in [0.3, 0.4) is 0 Å². The van der Waals surface area contributed by atoms with E-state index in [1.54, 1.807) is 0 Å². The van der Waals surface area contributed by atoms with E-state index in [2.05, 4.69) is 210 Å². The standard InChI is InChI=1S/C60H39BN4/c1-38-32-57-59-58(33-38)65(42-18-6-3-7-19-42)56-36-50-46(35-52(56)61(59)51-24-12-13-26-55(51)64(57)41-16-4-2-5-17-41)44-21-9-11-23-48(44)60(50)47-22-10-8-20-43(47)45-29-27-39(34-49(45)60)40-28-30-54(63-37-40)53-25-14-15-31-62-53/h2-37H,1H3. The van der Waals surface area contributed by atoms with Gasteiger partial charge in [0.2, 0.25) is 0 Å². The number of para-hydroxylation sites is 3. The Balaban J connectivity index is 1.05. The van der Waals surface area contributed by atoms with Crippen molar-refractivity contribution >= 4 is 57.2 Å². The minimum atomic E-state index is -0.556. The number of pyridine rings is 2. The minimum Gasteiger partial charge on any atom is -0.311 e. The first-order chi connectivity index (χ1) is 32.2. The molecule has 65 heavy (non-hydrogen) atoms. The van der Waals surface area contributed by atoms with Crippen LogP contribution in [-0.2, 0) is 5.41 Å². The van der Waals surface area contributed by atoms with Gasteiger partial charge in [0.1, 0.15) is 0 Å². The molecule has 5 heteroatoms. The van der Waals surface area contributed by atoms with Crippen molar-refractivity contribution in [3.8, 4) is 44.8 Å². The van der Waals surface area contributed by atoms with Gasteiger partial charge in [-0.2, -0.15) is 0 Å². The van der Waals surface area contributed by atoms with Crippen LogP contribution in [0.5, 0.6) is 0 Å². The number of nitrogens with zero attached hydrogens (tertiary/aromatic N) is 4. The molecule has 14 rings (SSSR count). The fourth-order valence-electron chi connectivity index (χ4n) is 11.8. The van der Waals surface area contributed by atoms with Gasteiger partial charge in [-0.1, -0.05) is 133 Å². The van der Waals surface area contributed by atoms with Crippen molar-refractivity contribution in [1.82, 2.24) is 9.97 Å². The van der Waals surface area contributed by atoms with Crippen LogP contribution in [0.4, 0.5) is 34.1 Å². The zero-order valence-corrected chi connectivity index (χ0v) is 35.7. The van der Waals surface area contributed by atoms with Gasteiger partial charge in [0.25, 0.3) is 6.71 Å². The van der Waals surface area contributed by atoms with Crippen molar-refractivity contribution in [2.24, 2.45) is 0 Å². The van der Waals surface area contributed by atoms with Crippen LogP contribution in [0.2, 0.25) is 0 Å². The van der Waals surface area contributed by atoms with E-state index in [1.807, 2.05) is 30.6 Å². The Morgan fingerprint density at radius 2 is 0.985 bits per heavy atom. The van der Waals surface area contributed by atoms with Crippen LogP contribution >= 0.6 is 0 Å². The van der Waals surface area contributed by atoms with Crippen LogP contribution < -0.4 is 26.2 Å². The molecule has 0 fully saturated rings. The van der Waals surface area contributed by atoms with Gasteiger partial charge < -0.3 is 9.80 Å². The van der Waals surface area contributed by atoms with Crippen LogP contribution in [0.15, 0.2) is 219 Å². The number of rotatable bonds is 4. The van der Waals surface area contributed by atoms with Crippen molar-refractivity contribution in [2.45, 2.75) is 12.3 Å². The lowest BCUT2D eigenvalue weighted by molar-refractivity contribution is 0.794. The lowest BCUT2D eigenvalue weighted by atomic mass is 9.33. The summed E-state index contributed by atoms with van der Waals surface area (Å²) in [6.07, 6.45) is 3.82. The van der Waals surface area contributed by atoms with Crippen LogP contribution in [0.1, 0.15) is 27.8 Å². The van der Waals surface area contributed by atoms with Crippen molar-refractivity contribution in [3.05, 3.63) is 246 Å². The molecule has 1 unspecified atom stereocenters. The molecule has 0 bridgehead atoms. The van der Waals surface area contributed by atoms with E-state index in [1.165, 1.54) is 89.2 Å². The Morgan fingerprint density at radius 1 is 0.400 bits per heavy atom. The minimum absolute atomic E-state index is 0.0112. The van der Waals surface area contributed by atoms with E-state index in [9.17, 15) is 0 Å². The molecule has 0 amide bonds. The van der Waals surface area contributed by atoms with Crippen molar-refractivity contribution in [2.75, 3.05) is 9.80 Å². The summed E-state index contributed by atoms with van der Waals surface area (Å²) in [6, 6.07) is 76.5. The predicted octanol–water partition coefficient (Wildman–Crippen LogP) is 12.5. The normalized spacial score (nSPS) is 15.4.